The van der Waals surface area contributed by atoms with Crippen LogP contribution < -0.4 is 5.73 Å². The van der Waals surface area contributed by atoms with E-state index in [4.69, 9.17) is 5.73 Å². The van der Waals surface area contributed by atoms with Gasteiger partial charge in [-0.15, -0.1) is 0 Å². The van der Waals surface area contributed by atoms with Crippen LogP contribution in [0.4, 0.5) is 17.6 Å². The minimum Gasteiger partial charge on any atom is -0.330 e. The van der Waals surface area contributed by atoms with Crippen LogP contribution in [0.2, 0.25) is 0 Å². The number of rotatable bonds is 4. The Bertz CT molecular complexity index is 611. The van der Waals surface area contributed by atoms with Gasteiger partial charge in [0, 0.05) is 11.1 Å². The van der Waals surface area contributed by atoms with Gasteiger partial charge in [0.05, 0.1) is 5.56 Å². The van der Waals surface area contributed by atoms with E-state index < -0.39 is 17.6 Å². The summed E-state index contributed by atoms with van der Waals surface area (Å²) in [6.45, 7) is 0.423. The van der Waals surface area contributed by atoms with Crippen molar-refractivity contribution in [3.8, 4) is 0 Å². The molecule has 112 valence electrons. The molecule has 21 heavy (non-hydrogen) atoms. The van der Waals surface area contributed by atoms with Gasteiger partial charge in [-0.2, -0.15) is 13.2 Å². The van der Waals surface area contributed by atoms with Crippen LogP contribution in [-0.4, -0.2) is 11.5 Å². The number of hydrogen-bond acceptors (Lipinski definition) is 3. The summed E-state index contributed by atoms with van der Waals surface area (Å²) in [6.07, 6.45) is -3.12. The zero-order chi connectivity index (χ0) is 15.5. The molecule has 2 rings (SSSR count). The molecule has 1 heterocycles. The van der Waals surface area contributed by atoms with Crippen molar-refractivity contribution in [3.05, 3.63) is 53.5 Å². The Morgan fingerprint density at radius 1 is 1.14 bits per heavy atom. The van der Waals surface area contributed by atoms with Crippen molar-refractivity contribution in [2.24, 2.45) is 5.73 Å². The summed E-state index contributed by atoms with van der Waals surface area (Å²) < 4.78 is 51.1. The molecule has 0 atom stereocenters. The monoisotopic (exact) mass is 316 g/mol. The highest BCUT2D eigenvalue weighted by atomic mass is 32.2. The molecule has 0 amide bonds. The molecule has 0 saturated heterocycles. The van der Waals surface area contributed by atoms with E-state index in [0.717, 1.165) is 29.6 Å². The molecule has 1 aromatic carbocycles. The highest BCUT2D eigenvalue weighted by molar-refractivity contribution is 7.99. The maximum absolute atomic E-state index is 13.9. The summed E-state index contributed by atoms with van der Waals surface area (Å²) in [7, 11) is 0. The highest BCUT2D eigenvalue weighted by Gasteiger charge is 2.30. The van der Waals surface area contributed by atoms with E-state index in [1.165, 1.54) is 12.1 Å². The zero-order valence-electron chi connectivity index (χ0n) is 10.8. The average Bonchev–Trinajstić information content (AvgIpc) is 2.42. The molecule has 0 fully saturated rings. The lowest BCUT2D eigenvalue weighted by molar-refractivity contribution is -0.137. The van der Waals surface area contributed by atoms with Gasteiger partial charge in [0.15, 0.2) is 0 Å². The second-order valence-electron chi connectivity index (χ2n) is 4.29. The van der Waals surface area contributed by atoms with Crippen molar-refractivity contribution in [1.82, 2.24) is 4.98 Å². The molecule has 0 aliphatic rings. The molecule has 1 aromatic heterocycles. The quantitative estimate of drug-likeness (QED) is 0.870. The Labute approximate surface area is 123 Å². The minimum atomic E-state index is -4.43. The zero-order valence-corrected chi connectivity index (χ0v) is 11.6. The first kappa shape index (κ1) is 15.8. The van der Waals surface area contributed by atoms with Gasteiger partial charge in [0.1, 0.15) is 10.8 Å². The maximum Gasteiger partial charge on any atom is 0.417 e. The predicted molar refractivity (Wildman–Crippen MR) is 72.5 cm³/mol. The van der Waals surface area contributed by atoms with Crippen molar-refractivity contribution < 1.29 is 17.6 Å². The minimum absolute atomic E-state index is 0.300. The molecule has 2 aromatic rings. The average molecular weight is 316 g/mol. The first-order valence-corrected chi connectivity index (χ1v) is 6.91. The fraction of sp³-hybridized carbons (Fsp3) is 0.214. The van der Waals surface area contributed by atoms with Crippen LogP contribution in [0.3, 0.4) is 0 Å². The number of halogens is 4. The van der Waals surface area contributed by atoms with Crippen molar-refractivity contribution in [1.29, 1.82) is 0 Å². The summed E-state index contributed by atoms with van der Waals surface area (Å²) in [6, 6.07) is 6.84. The molecule has 0 unspecified atom stereocenters. The summed E-state index contributed by atoms with van der Waals surface area (Å²) in [5, 5.41) is 0.300. The molecule has 0 aliphatic heterocycles. The summed E-state index contributed by atoms with van der Waals surface area (Å²) >= 11 is 0.976. The molecule has 7 heteroatoms. The van der Waals surface area contributed by atoms with Gasteiger partial charge in [-0.3, -0.25) is 0 Å². The highest BCUT2D eigenvalue weighted by Crippen LogP contribution is 2.32. The SMILES string of the molecule is NCCc1ccc(Sc2ccc(C(F)(F)F)cn2)c(F)c1. The van der Waals surface area contributed by atoms with E-state index in [2.05, 4.69) is 4.98 Å². The van der Waals surface area contributed by atoms with Crippen LogP contribution in [-0.2, 0) is 12.6 Å². The normalized spacial score (nSPS) is 11.7. The van der Waals surface area contributed by atoms with Crippen molar-refractivity contribution in [2.45, 2.75) is 22.5 Å². The Morgan fingerprint density at radius 2 is 1.90 bits per heavy atom. The van der Waals surface area contributed by atoms with Crippen LogP contribution in [0.25, 0.3) is 0 Å². The fourth-order valence-electron chi connectivity index (χ4n) is 1.67. The molecular weight excluding hydrogens is 304 g/mol. The number of aromatic nitrogens is 1. The molecule has 0 saturated carbocycles. The fourth-order valence-corrected chi connectivity index (χ4v) is 2.43. The summed E-state index contributed by atoms with van der Waals surface area (Å²) in [5.74, 6) is -0.437. The number of nitrogens with zero attached hydrogens (tertiary/aromatic N) is 1. The van der Waals surface area contributed by atoms with Gasteiger partial charge in [0.2, 0.25) is 0 Å². The van der Waals surface area contributed by atoms with Crippen LogP contribution >= 0.6 is 11.8 Å². The Balaban J connectivity index is 2.15. The van der Waals surface area contributed by atoms with Crippen LogP contribution in [0.5, 0.6) is 0 Å². The first-order chi connectivity index (χ1) is 9.90. The number of nitrogens with two attached hydrogens (primary N) is 1. The lowest BCUT2D eigenvalue weighted by Crippen LogP contribution is -2.05. The third kappa shape index (κ3) is 4.18. The Hall–Kier alpha value is -1.60. The molecule has 0 bridgehead atoms. The number of pyridine rings is 1. The van der Waals surface area contributed by atoms with Crippen molar-refractivity contribution >= 4 is 11.8 Å². The molecule has 2 N–H and O–H groups in total. The summed E-state index contributed by atoms with van der Waals surface area (Å²) in [4.78, 5) is 4.00. The van der Waals surface area contributed by atoms with Crippen LogP contribution in [0.1, 0.15) is 11.1 Å². The molecule has 0 radical (unpaired) electrons. The van der Waals surface area contributed by atoms with E-state index in [1.807, 2.05) is 0 Å². The van der Waals surface area contributed by atoms with Crippen molar-refractivity contribution in [3.63, 3.8) is 0 Å². The van der Waals surface area contributed by atoms with E-state index in [9.17, 15) is 17.6 Å². The van der Waals surface area contributed by atoms with Crippen molar-refractivity contribution in [2.75, 3.05) is 6.54 Å². The largest absolute Gasteiger partial charge is 0.417 e. The first-order valence-electron chi connectivity index (χ1n) is 6.10. The van der Waals surface area contributed by atoms with E-state index in [-0.39, 0.29) is 0 Å². The number of alkyl halides is 3. The molecule has 0 aliphatic carbocycles. The number of benzene rings is 1. The van der Waals surface area contributed by atoms with E-state index >= 15 is 0 Å². The third-order valence-corrected chi connectivity index (χ3v) is 3.71. The van der Waals surface area contributed by atoms with E-state index in [0.29, 0.717) is 22.9 Å². The van der Waals surface area contributed by atoms with Gasteiger partial charge in [0.25, 0.3) is 0 Å². The van der Waals surface area contributed by atoms with Gasteiger partial charge in [-0.25, -0.2) is 9.37 Å². The van der Waals surface area contributed by atoms with Crippen LogP contribution in [0.15, 0.2) is 46.5 Å². The van der Waals surface area contributed by atoms with Crippen LogP contribution in [0, 0.1) is 5.82 Å². The Kier molecular flexibility index (Phi) is 4.84. The molecule has 2 nitrogen and oxygen atoms in total. The van der Waals surface area contributed by atoms with E-state index in [1.54, 1.807) is 12.1 Å². The lowest BCUT2D eigenvalue weighted by Gasteiger charge is -2.08. The Morgan fingerprint density at radius 3 is 2.43 bits per heavy atom. The van der Waals surface area contributed by atoms with Gasteiger partial charge < -0.3 is 5.73 Å². The summed E-state index contributed by atoms with van der Waals surface area (Å²) in [5.41, 5.74) is 5.34. The maximum atomic E-state index is 13.9. The second-order valence-corrected chi connectivity index (χ2v) is 5.35. The molecular formula is C14H12F4N2S. The second kappa shape index (κ2) is 6.44. The lowest BCUT2D eigenvalue weighted by atomic mass is 10.1. The standard InChI is InChI=1S/C14H12F4N2S/c15-11-7-9(5-6-19)1-3-12(11)21-13-4-2-10(8-20-13)14(16,17)18/h1-4,7-8H,5-6,19H2. The predicted octanol–water partition coefficient (Wildman–Crippen LogP) is 3.89. The smallest absolute Gasteiger partial charge is 0.330 e. The van der Waals surface area contributed by atoms with Gasteiger partial charge in [-0.05, 0) is 42.8 Å². The van der Waals surface area contributed by atoms with Gasteiger partial charge in [-0.1, -0.05) is 17.8 Å². The number of hydrogen-bond donors (Lipinski definition) is 1. The topological polar surface area (TPSA) is 38.9 Å². The third-order valence-electron chi connectivity index (χ3n) is 2.71. The molecule has 0 spiro atoms. The van der Waals surface area contributed by atoms with Gasteiger partial charge >= 0.3 is 6.18 Å².